The van der Waals surface area contributed by atoms with Crippen LogP contribution in [-0.4, -0.2) is 16.4 Å². The van der Waals surface area contributed by atoms with Gasteiger partial charge in [0.1, 0.15) is 11.6 Å². The zero-order valence-corrected chi connectivity index (χ0v) is 13.0. The maximum Gasteiger partial charge on any atom is 0.262 e. The Bertz CT molecular complexity index is 926. The van der Waals surface area contributed by atoms with Crippen LogP contribution in [0.25, 0.3) is 5.69 Å². The first-order valence-electron chi connectivity index (χ1n) is 5.87. The lowest BCUT2D eigenvalue weighted by Gasteiger charge is -2.14. The molecule has 1 aromatic carbocycles. The Kier molecular flexibility index (Phi) is 3.30. The van der Waals surface area contributed by atoms with Crippen LogP contribution in [0.3, 0.4) is 0 Å². The first kappa shape index (κ1) is 14.7. The van der Waals surface area contributed by atoms with Gasteiger partial charge < -0.3 is 5.73 Å². The maximum atomic E-state index is 13.6. The third kappa shape index (κ3) is 2.03. The molecule has 0 fully saturated rings. The number of fused-ring (bicyclic) bond motifs is 1. The van der Waals surface area contributed by atoms with Crippen LogP contribution in [0.4, 0.5) is 10.2 Å². The van der Waals surface area contributed by atoms with Gasteiger partial charge in [-0.15, -0.1) is 0 Å². The highest BCUT2D eigenvalue weighted by Crippen LogP contribution is 2.32. The molecular weight excluding hydrogens is 381 g/mol. The van der Waals surface area contributed by atoms with Gasteiger partial charge in [0, 0.05) is 10.5 Å². The average Bonchev–Trinajstić information content (AvgIpc) is 2.70. The van der Waals surface area contributed by atoms with Gasteiger partial charge in [0.05, 0.1) is 21.8 Å². The number of carbonyl (C=O) groups excluding carboxylic acids is 2. The molecule has 2 heterocycles. The molecule has 1 aliphatic rings. The molecule has 0 unspecified atom stereocenters. The standard InChI is InChI=1S/C13H6BrClFN3O3/c14-6-1-4(16)2-7(10(6)15)19-8(20)3-5-9(11(19)17)13(22)18-12(5)21/h1-3H,17H2,(H,18,21,22). The second-order valence-corrected chi connectivity index (χ2v) is 5.73. The summed E-state index contributed by atoms with van der Waals surface area (Å²) in [5.74, 6) is -2.37. The van der Waals surface area contributed by atoms with Crippen LogP contribution in [0.2, 0.25) is 5.02 Å². The first-order valence-corrected chi connectivity index (χ1v) is 7.04. The molecule has 0 radical (unpaired) electrons. The van der Waals surface area contributed by atoms with Crippen molar-refractivity contribution >= 4 is 45.2 Å². The van der Waals surface area contributed by atoms with Gasteiger partial charge in [0.2, 0.25) is 0 Å². The Labute approximate surface area is 135 Å². The number of rotatable bonds is 1. The van der Waals surface area contributed by atoms with Crippen LogP contribution >= 0.6 is 27.5 Å². The normalized spacial score (nSPS) is 13.2. The van der Waals surface area contributed by atoms with Crippen molar-refractivity contribution in [2.24, 2.45) is 0 Å². The third-order valence-corrected chi connectivity index (χ3v) is 4.42. The van der Waals surface area contributed by atoms with E-state index < -0.39 is 23.2 Å². The Morgan fingerprint density at radius 2 is 1.86 bits per heavy atom. The Morgan fingerprint density at radius 3 is 2.55 bits per heavy atom. The molecule has 0 saturated heterocycles. The van der Waals surface area contributed by atoms with Crippen LogP contribution in [0.1, 0.15) is 20.7 Å². The highest BCUT2D eigenvalue weighted by atomic mass is 79.9. The van der Waals surface area contributed by atoms with Gasteiger partial charge in [-0.2, -0.15) is 0 Å². The number of imide groups is 1. The monoisotopic (exact) mass is 385 g/mol. The zero-order chi connectivity index (χ0) is 16.2. The number of nitrogens with one attached hydrogen (secondary N) is 1. The number of nitrogen functional groups attached to an aromatic ring is 1. The van der Waals surface area contributed by atoms with Gasteiger partial charge in [-0.05, 0) is 28.1 Å². The van der Waals surface area contributed by atoms with Crippen molar-refractivity contribution in [1.82, 2.24) is 9.88 Å². The summed E-state index contributed by atoms with van der Waals surface area (Å²) >= 11 is 9.13. The summed E-state index contributed by atoms with van der Waals surface area (Å²) in [6, 6.07) is 3.09. The summed E-state index contributed by atoms with van der Waals surface area (Å²) < 4.78 is 14.7. The molecule has 1 aromatic heterocycles. The van der Waals surface area contributed by atoms with Crippen molar-refractivity contribution < 1.29 is 14.0 Å². The smallest absolute Gasteiger partial charge is 0.262 e. The van der Waals surface area contributed by atoms with Gasteiger partial charge in [-0.3, -0.25) is 24.3 Å². The summed E-state index contributed by atoms with van der Waals surface area (Å²) in [5, 5.41) is 2.08. The van der Waals surface area contributed by atoms with E-state index in [-0.39, 0.29) is 32.1 Å². The summed E-state index contributed by atoms with van der Waals surface area (Å²) in [4.78, 5) is 35.6. The van der Waals surface area contributed by atoms with Crippen molar-refractivity contribution in [3.8, 4) is 5.69 Å². The van der Waals surface area contributed by atoms with Crippen LogP contribution in [-0.2, 0) is 0 Å². The predicted octanol–water partition coefficient (Wildman–Crippen LogP) is 1.86. The fourth-order valence-electron chi connectivity index (χ4n) is 2.23. The fourth-order valence-corrected chi connectivity index (χ4v) is 2.85. The van der Waals surface area contributed by atoms with Gasteiger partial charge >= 0.3 is 0 Å². The first-order chi connectivity index (χ1) is 10.3. The van der Waals surface area contributed by atoms with Gasteiger partial charge in [0.15, 0.2) is 0 Å². The van der Waals surface area contributed by atoms with Gasteiger partial charge in [0.25, 0.3) is 17.4 Å². The minimum absolute atomic E-state index is 0.0361. The molecule has 0 atom stereocenters. The minimum atomic E-state index is -0.724. The number of anilines is 1. The van der Waals surface area contributed by atoms with E-state index in [2.05, 4.69) is 15.9 Å². The van der Waals surface area contributed by atoms with Crippen LogP contribution < -0.4 is 16.6 Å². The van der Waals surface area contributed by atoms with E-state index in [9.17, 15) is 18.8 Å². The second-order valence-electron chi connectivity index (χ2n) is 4.50. The highest BCUT2D eigenvalue weighted by molar-refractivity contribution is 9.10. The maximum absolute atomic E-state index is 13.6. The molecule has 6 nitrogen and oxygen atoms in total. The SMILES string of the molecule is Nc1c2c(cc(=O)n1-c1cc(F)cc(Br)c1Cl)C(=O)NC2=O. The lowest BCUT2D eigenvalue weighted by molar-refractivity contribution is 0.0880. The van der Waals surface area contributed by atoms with E-state index in [0.717, 1.165) is 22.8 Å². The van der Waals surface area contributed by atoms with Crippen molar-refractivity contribution in [2.45, 2.75) is 0 Å². The summed E-state index contributed by atoms with van der Waals surface area (Å²) in [5.41, 5.74) is 4.85. The predicted molar refractivity (Wildman–Crippen MR) is 80.9 cm³/mol. The van der Waals surface area contributed by atoms with E-state index in [0.29, 0.717) is 0 Å². The Balaban J connectivity index is 2.40. The Hall–Kier alpha value is -2.19. The number of amides is 2. The number of pyridine rings is 1. The second kappa shape index (κ2) is 4.92. The van der Waals surface area contributed by atoms with Crippen molar-refractivity contribution in [1.29, 1.82) is 0 Å². The highest BCUT2D eigenvalue weighted by Gasteiger charge is 2.32. The molecule has 2 amide bonds. The number of aromatic nitrogens is 1. The van der Waals surface area contributed by atoms with E-state index in [1.54, 1.807) is 0 Å². The largest absolute Gasteiger partial charge is 0.384 e. The van der Waals surface area contributed by atoms with E-state index in [4.69, 9.17) is 17.3 Å². The minimum Gasteiger partial charge on any atom is -0.384 e. The molecule has 0 bridgehead atoms. The lowest BCUT2D eigenvalue weighted by atomic mass is 10.1. The lowest BCUT2D eigenvalue weighted by Crippen LogP contribution is -2.24. The van der Waals surface area contributed by atoms with Crippen molar-refractivity contribution in [2.75, 3.05) is 5.73 Å². The fraction of sp³-hybridized carbons (Fsp3) is 0. The molecule has 112 valence electrons. The van der Waals surface area contributed by atoms with Crippen LogP contribution in [0.5, 0.6) is 0 Å². The molecule has 0 spiro atoms. The Morgan fingerprint density at radius 1 is 1.18 bits per heavy atom. The number of hydrogen-bond acceptors (Lipinski definition) is 4. The number of benzene rings is 1. The summed E-state index contributed by atoms with van der Waals surface area (Å²) in [7, 11) is 0. The topological polar surface area (TPSA) is 94.2 Å². The number of nitrogens with two attached hydrogens (primary N) is 1. The zero-order valence-electron chi connectivity index (χ0n) is 10.6. The summed E-state index contributed by atoms with van der Waals surface area (Å²) in [6.45, 7) is 0. The molecule has 0 saturated carbocycles. The molecule has 9 heteroatoms. The van der Waals surface area contributed by atoms with E-state index in [1.807, 2.05) is 5.32 Å². The molecule has 1 aliphatic heterocycles. The van der Waals surface area contributed by atoms with Crippen LogP contribution in [0.15, 0.2) is 27.5 Å². The van der Waals surface area contributed by atoms with Crippen molar-refractivity contribution in [3.05, 3.63) is 55.0 Å². The number of carbonyl (C=O) groups is 2. The molecule has 3 rings (SSSR count). The van der Waals surface area contributed by atoms with E-state index in [1.165, 1.54) is 0 Å². The quantitative estimate of drug-likeness (QED) is 0.578. The summed E-state index contributed by atoms with van der Waals surface area (Å²) in [6.07, 6.45) is 0. The number of hydrogen-bond donors (Lipinski definition) is 2. The molecule has 2 aromatic rings. The number of nitrogens with zero attached hydrogens (tertiary/aromatic N) is 1. The molecular formula is C13H6BrClFN3O3. The van der Waals surface area contributed by atoms with Gasteiger partial charge in [-0.25, -0.2) is 4.39 Å². The van der Waals surface area contributed by atoms with E-state index >= 15 is 0 Å². The molecule has 0 aliphatic carbocycles. The molecule has 22 heavy (non-hydrogen) atoms. The average molecular weight is 387 g/mol. The van der Waals surface area contributed by atoms with Crippen LogP contribution in [0, 0.1) is 5.82 Å². The number of halogens is 3. The van der Waals surface area contributed by atoms with Gasteiger partial charge in [-0.1, -0.05) is 11.6 Å². The van der Waals surface area contributed by atoms with Crippen molar-refractivity contribution in [3.63, 3.8) is 0 Å². The molecule has 3 N–H and O–H groups in total. The third-order valence-electron chi connectivity index (χ3n) is 3.17.